The van der Waals surface area contributed by atoms with E-state index in [-0.39, 0.29) is 12.6 Å². The van der Waals surface area contributed by atoms with Crippen molar-refractivity contribution in [1.29, 1.82) is 0 Å². The predicted octanol–water partition coefficient (Wildman–Crippen LogP) is 4.02. The first-order chi connectivity index (χ1) is 14.7. The van der Waals surface area contributed by atoms with Crippen molar-refractivity contribution >= 4 is 24.2 Å². The molecule has 7 nitrogen and oxygen atoms in total. The van der Waals surface area contributed by atoms with Gasteiger partial charge in [-0.1, -0.05) is 49.6 Å². The zero-order valence-corrected chi connectivity index (χ0v) is 18.9. The van der Waals surface area contributed by atoms with Crippen LogP contribution in [0.4, 0.5) is 0 Å². The van der Waals surface area contributed by atoms with E-state index >= 15 is 0 Å². The second-order valence-electron chi connectivity index (χ2n) is 8.43. The lowest BCUT2D eigenvalue weighted by atomic mass is 9.88. The van der Waals surface area contributed by atoms with Crippen molar-refractivity contribution in [3.8, 4) is 0 Å². The van der Waals surface area contributed by atoms with E-state index in [2.05, 4.69) is 0 Å². The number of ether oxygens (including phenoxy) is 3. The molecule has 0 heterocycles. The summed E-state index contributed by atoms with van der Waals surface area (Å²) in [5.74, 6) is -3.84. The first kappa shape index (κ1) is 26.3. The van der Waals surface area contributed by atoms with Crippen LogP contribution in [0.15, 0.2) is 30.3 Å². The molecular weight excluding hydrogens is 400 g/mol. The maximum absolute atomic E-state index is 12.4. The Bertz CT molecular complexity index is 706. The van der Waals surface area contributed by atoms with Crippen LogP contribution in [-0.4, -0.2) is 36.9 Å². The minimum absolute atomic E-state index is 0.245. The van der Waals surface area contributed by atoms with Crippen LogP contribution in [0.5, 0.6) is 0 Å². The molecule has 0 spiro atoms. The van der Waals surface area contributed by atoms with Crippen molar-refractivity contribution in [2.45, 2.75) is 71.5 Å². The van der Waals surface area contributed by atoms with Crippen LogP contribution in [0, 0.1) is 11.8 Å². The Balaban J connectivity index is 2.36. The summed E-state index contributed by atoms with van der Waals surface area (Å²) in [5, 5.41) is 0. The molecular formula is C24H34O7. The molecule has 0 fully saturated rings. The second-order valence-corrected chi connectivity index (χ2v) is 8.43. The first-order valence-electron chi connectivity index (χ1n) is 10.6. The molecule has 2 unspecified atom stereocenters. The van der Waals surface area contributed by atoms with Gasteiger partial charge in [-0.15, -0.1) is 0 Å². The highest BCUT2D eigenvalue weighted by atomic mass is 16.6. The number of aldehydes is 1. The highest BCUT2D eigenvalue weighted by Crippen LogP contribution is 2.23. The third-order valence-corrected chi connectivity index (χ3v) is 4.63. The molecule has 31 heavy (non-hydrogen) atoms. The average Bonchev–Trinajstić information content (AvgIpc) is 2.72. The van der Waals surface area contributed by atoms with Gasteiger partial charge in [-0.25, -0.2) is 0 Å². The largest absolute Gasteiger partial charge is 0.468 e. The highest BCUT2D eigenvalue weighted by Gasteiger charge is 2.38. The number of esters is 3. The van der Waals surface area contributed by atoms with Crippen molar-refractivity contribution in [2.24, 2.45) is 11.8 Å². The standard InChI is InChI=1S/C24H34O7/c1-24(2,3)31-23(28)21(22(27)29-4)19(16-25)14-10-5-6-11-15-20(26)30-17-18-12-8-7-9-13-18/h7-9,12-13,16,19,21H,5-6,10-11,14-15,17H2,1-4H3. The van der Waals surface area contributed by atoms with E-state index in [0.29, 0.717) is 32.0 Å². The van der Waals surface area contributed by atoms with Gasteiger partial charge in [0.05, 0.1) is 7.11 Å². The van der Waals surface area contributed by atoms with Gasteiger partial charge in [0.2, 0.25) is 0 Å². The van der Waals surface area contributed by atoms with Gasteiger partial charge >= 0.3 is 17.9 Å². The van der Waals surface area contributed by atoms with Crippen LogP contribution in [0.1, 0.15) is 64.9 Å². The zero-order chi connectivity index (χ0) is 23.3. The number of rotatable bonds is 13. The molecule has 0 aliphatic carbocycles. The predicted molar refractivity (Wildman–Crippen MR) is 115 cm³/mol. The first-order valence-corrected chi connectivity index (χ1v) is 10.6. The average molecular weight is 435 g/mol. The summed E-state index contributed by atoms with van der Waals surface area (Å²) in [7, 11) is 1.18. The number of unbranched alkanes of at least 4 members (excludes halogenated alkanes) is 3. The quantitative estimate of drug-likeness (QED) is 0.152. The zero-order valence-electron chi connectivity index (χ0n) is 18.9. The molecule has 0 N–H and O–H groups in total. The van der Waals surface area contributed by atoms with E-state index in [1.807, 2.05) is 30.3 Å². The van der Waals surface area contributed by atoms with Gasteiger partial charge in [0.25, 0.3) is 0 Å². The number of methoxy groups -OCH3 is 1. The Hall–Kier alpha value is -2.70. The summed E-state index contributed by atoms with van der Waals surface area (Å²) >= 11 is 0. The minimum Gasteiger partial charge on any atom is -0.468 e. The Kier molecular flexibility index (Phi) is 11.5. The van der Waals surface area contributed by atoms with E-state index in [4.69, 9.17) is 14.2 Å². The molecule has 0 radical (unpaired) electrons. The van der Waals surface area contributed by atoms with Gasteiger partial charge < -0.3 is 19.0 Å². The molecule has 0 saturated carbocycles. The summed E-state index contributed by atoms with van der Waals surface area (Å²) in [5.41, 5.74) is 0.173. The normalized spacial score (nSPS) is 13.0. The highest BCUT2D eigenvalue weighted by molar-refractivity contribution is 5.97. The lowest BCUT2D eigenvalue weighted by molar-refractivity contribution is -0.171. The molecule has 2 atom stereocenters. The Morgan fingerprint density at radius 2 is 1.61 bits per heavy atom. The Morgan fingerprint density at radius 1 is 0.968 bits per heavy atom. The van der Waals surface area contributed by atoms with Gasteiger partial charge in [0.15, 0.2) is 5.92 Å². The van der Waals surface area contributed by atoms with Gasteiger partial charge in [-0.05, 0) is 39.2 Å². The summed E-state index contributed by atoms with van der Waals surface area (Å²) in [6, 6.07) is 9.49. The van der Waals surface area contributed by atoms with E-state index < -0.39 is 29.4 Å². The fraction of sp³-hybridized carbons (Fsp3) is 0.583. The van der Waals surface area contributed by atoms with Crippen molar-refractivity contribution in [3.05, 3.63) is 35.9 Å². The number of carbonyl (C=O) groups excluding carboxylic acids is 4. The van der Waals surface area contributed by atoms with Crippen LogP contribution in [0.25, 0.3) is 0 Å². The molecule has 0 aliphatic heterocycles. The summed E-state index contributed by atoms with van der Waals surface area (Å²) in [6.45, 7) is 5.35. The van der Waals surface area contributed by atoms with E-state index in [9.17, 15) is 19.2 Å². The van der Waals surface area contributed by atoms with Gasteiger partial charge in [-0.2, -0.15) is 0 Å². The van der Waals surface area contributed by atoms with Crippen molar-refractivity contribution < 1.29 is 33.4 Å². The Labute approximate surface area is 184 Å². The number of carbonyl (C=O) groups is 4. The molecule has 0 bridgehead atoms. The SMILES string of the molecule is COC(=O)C(C(=O)OC(C)(C)C)C(C=O)CCCCCCC(=O)OCc1ccccc1. The Morgan fingerprint density at radius 3 is 2.19 bits per heavy atom. The number of hydrogen-bond acceptors (Lipinski definition) is 7. The molecule has 1 rings (SSSR count). The topological polar surface area (TPSA) is 96.0 Å². The lowest BCUT2D eigenvalue weighted by Gasteiger charge is -2.25. The van der Waals surface area contributed by atoms with Gasteiger partial charge in [-0.3, -0.25) is 14.4 Å². The summed E-state index contributed by atoms with van der Waals surface area (Å²) < 4.78 is 15.2. The lowest BCUT2D eigenvalue weighted by Crippen LogP contribution is -2.38. The van der Waals surface area contributed by atoms with Gasteiger partial charge in [0, 0.05) is 12.3 Å². The fourth-order valence-corrected chi connectivity index (χ4v) is 3.06. The van der Waals surface area contributed by atoms with Crippen molar-refractivity contribution in [3.63, 3.8) is 0 Å². The molecule has 0 amide bonds. The van der Waals surface area contributed by atoms with Crippen molar-refractivity contribution in [1.82, 2.24) is 0 Å². The number of benzene rings is 1. The molecule has 7 heteroatoms. The molecule has 0 aliphatic rings. The summed E-state index contributed by atoms with van der Waals surface area (Å²) in [6.07, 6.45) is 4.16. The second kappa shape index (κ2) is 13.6. The van der Waals surface area contributed by atoms with Crippen LogP contribution in [0.3, 0.4) is 0 Å². The van der Waals surface area contributed by atoms with Crippen molar-refractivity contribution in [2.75, 3.05) is 7.11 Å². The molecule has 1 aromatic rings. The van der Waals surface area contributed by atoms with Crippen LogP contribution >= 0.6 is 0 Å². The van der Waals surface area contributed by atoms with Crippen LogP contribution < -0.4 is 0 Å². The van der Waals surface area contributed by atoms with E-state index in [1.54, 1.807) is 20.8 Å². The summed E-state index contributed by atoms with van der Waals surface area (Å²) in [4.78, 5) is 47.9. The fourth-order valence-electron chi connectivity index (χ4n) is 3.06. The van der Waals surface area contributed by atoms with Gasteiger partial charge in [0.1, 0.15) is 18.5 Å². The van der Waals surface area contributed by atoms with E-state index in [1.165, 1.54) is 7.11 Å². The molecule has 0 aromatic heterocycles. The molecule has 0 saturated heterocycles. The van der Waals surface area contributed by atoms with E-state index in [0.717, 1.165) is 18.4 Å². The maximum Gasteiger partial charge on any atom is 0.321 e. The smallest absolute Gasteiger partial charge is 0.321 e. The maximum atomic E-state index is 12.4. The van der Waals surface area contributed by atoms with Crippen LogP contribution in [-0.2, 0) is 40.0 Å². The third-order valence-electron chi connectivity index (χ3n) is 4.63. The molecule has 172 valence electrons. The van der Waals surface area contributed by atoms with Crippen LogP contribution in [0.2, 0.25) is 0 Å². The minimum atomic E-state index is -1.27. The monoisotopic (exact) mass is 434 g/mol. The third kappa shape index (κ3) is 10.8. The number of hydrogen-bond donors (Lipinski definition) is 0. The molecule has 1 aromatic carbocycles.